The first kappa shape index (κ1) is 72.7. The molecule has 0 radical (unpaired) electrons. The second kappa shape index (κ2) is 56.4. The van der Waals surface area contributed by atoms with Gasteiger partial charge in [0.2, 0.25) is 5.91 Å². The molecule has 3 atom stereocenters. The Kier molecular flexibility index (Phi) is 55.5. The Morgan fingerprint density at radius 1 is 0.446 bits per heavy atom. The van der Waals surface area contributed by atoms with Crippen molar-refractivity contribution >= 4 is 13.7 Å². The number of amides is 1. The summed E-state index contributed by atoms with van der Waals surface area (Å²) < 4.78 is 23.7. The number of carbonyl (C=O) groups is 1. The number of likely N-dealkylation sites (N-methyl/N-ethyl adjacent to an activating group) is 1. The van der Waals surface area contributed by atoms with Crippen LogP contribution in [0.25, 0.3) is 0 Å². The summed E-state index contributed by atoms with van der Waals surface area (Å²) in [5.41, 5.74) is 0. The lowest BCUT2D eigenvalue weighted by atomic mass is 10.0. The Balaban J connectivity index is 4.17. The summed E-state index contributed by atoms with van der Waals surface area (Å²) in [6, 6.07) is -0.869. The number of phosphoric acid groups is 1. The highest BCUT2D eigenvalue weighted by molar-refractivity contribution is 7.47. The summed E-state index contributed by atoms with van der Waals surface area (Å²) in [5.74, 6) is -0.185. The average molecular weight is 1060 g/mol. The fraction of sp³-hybridized carbons (Fsp3) is 0.892. The molecule has 0 aromatic rings. The normalized spacial score (nSPS) is 14.0. The Morgan fingerprint density at radius 2 is 0.743 bits per heavy atom. The zero-order chi connectivity index (χ0) is 54.2. The summed E-state index contributed by atoms with van der Waals surface area (Å²) in [7, 11) is 1.56. The van der Waals surface area contributed by atoms with E-state index in [9.17, 15) is 19.4 Å². The summed E-state index contributed by atoms with van der Waals surface area (Å²) in [4.78, 5) is 23.3. The number of aliphatic hydroxyl groups is 1. The van der Waals surface area contributed by atoms with Crippen molar-refractivity contribution in [1.82, 2.24) is 5.32 Å². The van der Waals surface area contributed by atoms with Crippen molar-refractivity contribution in [3.63, 3.8) is 0 Å². The lowest BCUT2D eigenvalue weighted by molar-refractivity contribution is -0.870. The number of allylic oxidation sites excluding steroid dienone is 5. The SMILES string of the molecule is CCCCCCCCCCCCCCCCCCCCCC/C=C/CC/C=C/CC/C=C/C(O)C(COP(=O)(O)OCC[N+](C)(C)C)NC(=O)CCCCCCCCCCCCCCCCCCCCCCCC. The number of rotatable bonds is 60. The van der Waals surface area contributed by atoms with Gasteiger partial charge in [0.15, 0.2) is 0 Å². The fourth-order valence-corrected chi connectivity index (χ4v) is 10.5. The summed E-state index contributed by atoms with van der Waals surface area (Å²) in [6.07, 6.45) is 74.2. The Bertz CT molecular complexity index is 1300. The number of phosphoric ester groups is 1. The zero-order valence-electron chi connectivity index (χ0n) is 50.1. The molecule has 0 fully saturated rings. The van der Waals surface area contributed by atoms with Gasteiger partial charge in [-0.3, -0.25) is 13.8 Å². The van der Waals surface area contributed by atoms with E-state index in [1.807, 2.05) is 27.2 Å². The number of nitrogens with zero attached hydrogens (tertiary/aromatic N) is 1. The van der Waals surface area contributed by atoms with Crippen LogP contribution in [0.4, 0.5) is 0 Å². The van der Waals surface area contributed by atoms with Gasteiger partial charge in [-0.15, -0.1) is 0 Å². The first-order valence-electron chi connectivity index (χ1n) is 32.4. The quantitative estimate of drug-likeness (QED) is 0.0243. The lowest BCUT2D eigenvalue weighted by Crippen LogP contribution is -2.45. The standard InChI is InChI=1S/C65H127N2O6P/c1-6-8-10-12-14-16-18-20-22-24-26-28-30-31-32-33-34-35-36-37-38-40-42-44-46-48-50-52-54-56-58-64(68)63(62-73-74(70,71)72-61-60-67(3,4)5)66-65(69)59-57-55-53-51-49-47-45-43-41-39-29-27-25-23-21-19-17-15-13-11-9-7-2/h40,42,48,50,56,58,63-64,68H,6-39,41,43-47,49,51-55,57,59-62H2,1-5H3,(H-,66,69,70,71)/p+1/b42-40+,50-48+,58-56+. The molecule has 0 aliphatic rings. The predicted octanol–water partition coefficient (Wildman–Crippen LogP) is 20.1. The van der Waals surface area contributed by atoms with Crippen molar-refractivity contribution < 1.29 is 32.9 Å². The molecule has 74 heavy (non-hydrogen) atoms. The van der Waals surface area contributed by atoms with Crippen molar-refractivity contribution in [1.29, 1.82) is 0 Å². The Labute approximate surface area is 461 Å². The second-order valence-corrected chi connectivity index (χ2v) is 24.9. The average Bonchev–Trinajstić information content (AvgIpc) is 3.36. The predicted molar refractivity (Wildman–Crippen MR) is 323 cm³/mol. The van der Waals surface area contributed by atoms with E-state index in [4.69, 9.17) is 9.05 Å². The number of aliphatic hydroxyl groups excluding tert-OH is 1. The van der Waals surface area contributed by atoms with Gasteiger partial charge in [-0.1, -0.05) is 307 Å². The van der Waals surface area contributed by atoms with E-state index < -0.39 is 20.0 Å². The zero-order valence-corrected chi connectivity index (χ0v) is 51.0. The van der Waals surface area contributed by atoms with Crippen LogP contribution in [0.15, 0.2) is 36.5 Å². The third-order valence-electron chi connectivity index (χ3n) is 14.8. The monoisotopic (exact) mass is 1060 g/mol. The number of unbranched alkanes of at least 4 members (excludes halogenated alkanes) is 43. The lowest BCUT2D eigenvalue weighted by Gasteiger charge is -2.25. The van der Waals surface area contributed by atoms with Crippen LogP contribution in [-0.2, 0) is 18.4 Å². The molecule has 0 aliphatic carbocycles. The molecule has 0 saturated carbocycles. The van der Waals surface area contributed by atoms with Crippen molar-refractivity contribution in [3.8, 4) is 0 Å². The molecule has 1 amide bonds. The van der Waals surface area contributed by atoms with Crippen LogP contribution in [0.2, 0.25) is 0 Å². The van der Waals surface area contributed by atoms with E-state index in [-0.39, 0.29) is 19.1 Å². The minimum Gasteiger partial charge on any atom is -0.387 e. The molecule has 438 valence electrons. The highest BCUT2D eigenvalue weighted by Crippen LogP contribution is 2.43. The van der Waals surface area contributed by atoms with Gasteiger partial charge in [0.05, 0.1) is 39.9 Å². The van der Waals surface area contributed by atoms with Crippen LogP contribution in [0, 0.1) is 0 Å². The van der Waals surface area contributed by atoms with Gasteiger partial charge in [-0.05, 0) is 44.9 Å². The molecule has 3 unspecified atom stereocenters. The van der Waals surface area contributed by atoms with Crippen LogP contribution < -0.4 is 5.32 Å². The minimum absolute atomic E-state index is 0.0553. The van der Waals surface area contributed by atoms with E-state index in [1.165, 1.54) is 257 Å². The second-order valence-electron chi connectivity index (χ2n) is 23.5. The Hall–Kier alpha value is -1.28. The molecule has 3 N–H and O–H groups in total. The van der Waals surface area contributed by atoms with Gasteiger partial charge in [-0.25, -0.2) is 4.57 Å². The van der Waals surface area contributed by atoms with E-state index in [1.54, 1.807) is 6.08 Å². The molecule has 0 saturated heterocycles. The molecule has 0 aromatic heterocycles. The molecule has 0 bridgehead atoms. The summed E-state index contributed by atoms with van der Waals surface area (Å²) >= 11 is 0. The van der Waals surface area contributed by atoms with Crippen molar-refractivity contribution in [2.75, 3.05) is 40.9 Å². The molecule has 0 aromatic carbocycles. The van der Waals surface area contributed by atoms with Crippen molar-refractivity contribution in [2.45, 2.75) is 334 Å². The van der Waals surface area contributed by atoms with Crippen LogP contribution in [0.1, 0.15) is 322 Å². The Morgan fingerprint density at radius 3 is 1.08 bits per heavy atom. The third kappa shape index (κ3) is 58.4. The summed E-state index contributed by atoms with van der Waals surface area (Å²) in [6.45, 7) is 4.84. The van der Waals surface area contributed by atoms with Crippen molar-refractivity contribution in [3.05, 3.63) is 36.5 Å². The number of hydrogen-bond acceptors (Lipinski definition) is 5. The van der Waals surface area contributed by atoms with Crippen LogP contribution >= 0.6 is 7.82 Å². The fourth-order valence-electron chi connectivity index (χ4n) is 9.78. The first-order chi connectivity index (χ1) is 36.0. The molecular weight excluding hydrogens is 936 g/mol. The van der Waals surface area contributed by atoms with Crippen LogP contribution in [-0.4, -0.2) is 73.4 Å². The third-order valence-corrected chi connectivity index (χ3v) is 15.8. The molecule has 0 rings (SSSR count). The molecule has 8 nitrogen and oxygen atoms in total. The minimum atomic E-state index is -4.36. The molecular formula is C65H128N2O6P+. The molecule has 0 heterocycles. The maximum atomic E-state index is 13.0. The van der Waals surface area contributed by atoms with Crippen LogP contribution in [0.5, 0.6) is 0 Å². The molecule has 0 spiro atoms. The van der Waals surface area contributed by atoms with E-state index in [2.05, 4.69) is 43.5 Å². The van der Waals surface area contributed by atoms with Gasteiger partial charge >= 0.3 is 7.82 Å². The first-order valence-corrected chi connectivity index (χ1v) is 33.9. The number of quaternary nitrogens is 1. The maximum absolute atomic E-state index is 13.0. The highest BCUT2D eigenvalue weighted by atomic mass is 31.2. The smallest absolute Gasteiger partial charge is 0.387 e. The van der Waals surface area contributed by atoms with Gasteiger partial charge in [0.1, 0.15) is 13.2 Å². The molecule has 0 aliphatic heterocycles. The van der Waals surface area contributed by atoms with Gasteiger partial charge in [-0.2, -0.15) is 0 Å². The highest BCUT2D eigenvalue weighted by Gasteiger charge is 2.27. The number of carbonyl (C=O) groups excluding carboxylic acids is 1. The van der Waals surface area contributed by atoms with E-state index in [0.29, 0.717) is 17.4 Å². The van der Waals surface area contributed by atoms with Gasteiger partial charge < -0.3 is 19.8 Å². The largest absolute Gasteiger partial charge is 0.472 e. The number of nitrogens with one attached hydrogen (secondary N) is 1. The van der Waals surface area contributed by atoms with Gasteiger partial charge in [0, 0.05) is 6.42 Å². The summed E-state index contributed by atoms with van der Waals surface area (Å²) in [5, 5.41) is 14.0. The van der Waals surface area contributed by atoms with E-state index in [0.717, 1.165) is 44.9 Å². The maximum Gasteiger partial charge on any atom is 0.472 e. The van der Waals surface area contributed by atoms with Crippen molar-refractivity contribution in [2.24, 2.45) is 0 Å². The van der Waals surface area contributed by atoms with E-state index >= 15 is 0 Å². The molecule has 9 heteroatoms. The van der Waals surface area contributed by atoms with Crippen LogP contribution in [0.3, 0.4) is 0 Å². The van der Waals surface area contributed by atoms with Gasteiger partial charge in [0.25, 0.3) is 0 Å². The number of hydrogen-bond donors (Lipinski definition) is 3. The topological polar surface area (TPSA) is 105 Å².